The van der Waals surface area contributed by atoms with E-state index >= 15 is 0 Å². The third-order valence-corrected chi connectivity index (χ3v) is 7.82. The molecular weight excluding hydrogens is 466 g/mol. The fraction of sp³-hybridized carbons (Fsp3) is 0.267. The molecule has 0 aromatic heterocycles. The smallest absolute Gasteiger partial charge is 0.266 e. The highest BCUT2D eigenvalue weighted by Crippen LogP contribution is 2.34. The van der Waals surface area contributed by atoms with E-state index in [1.54, 1.807) is 24.1 Å². The predicted molar refractivity (Wildman–Crippen MR) is 149 cm³/mol. The fourth-order valence-corrected chi connectivity index (χ4v) is 5.60. The lowest BCUT2D eigenvalue weighted by Crippen LogP contribution is -2.23. The van der Waals surface area contributed by atoms with Gasteiger partial charge in [-0.3, -0.25) is 9.69 Å². The first-order chi connectivity index (χ1) is 17.5. The van der Waals surface area contributed by atoms with Gasteiger partial charge in [0.05, 0.1) is 10.6 Å². The van der Waals surface area contributed by atoms with Crippen molar-refractivity contribution in [2.24, 2.45) is 4.99 Å². The zero-order valence-electron chi connectivity index (χ0n) is 20.5. The molecule has 1 saturated carbocycles. The molecule has 3 aromatic rings. The van der Waals surface area contributed by atoms with Crippen LogP contribution in [0.25, 0.3) is 6.08 Å². The number of carbonyl (C=O) groups is 1. The molecular formula is C30H31N3O2S. The van der Waals surface area contributed by atoms with Crippen molar-refractivity contribution in [1.82, 2.24) is 4.90 Å². The van der Waals surface area contributed by atoms with Gasteiger partial charge in [0, 0.05) is 12.7 Å². The summed E-state index contributed by atoms with van der Waals surface area (Å²) in [4.78, 5) is 19.5. The Bertz CT molecular complexity index is 1260. The maximum absolute atomic E-state index is 12.7. The number of carbonyl (C=O) groups excluding carboxylic acids is 1. The molecule has 2 N–H and O–H groups in total. The average molecular weight is 498 g/mol. The van der Waals surface area contributed by atoms with E-state index in [4.69, 9.17) is 10.5 Å². The number of thioether (sulfide) groups is 1. The largest absolute Gasteiger partial charge is 0.489 e. The molecule has 1 aliphatic carbocycles. The third kappa shape index (κ3) is 5.82. The van der Waals surface area contributed by atoms with Gasteiger partial charge in [-0.05, 0) is 89.7 Å². The van der Waals surface area contributed by atoms with Crippen molar-refractivity contribution in [3.63, 3.8) is 0 Å². The molecule has 2 aliphatic rings. The van der Waals surface area contributed by atoms with E-state index in [9.17, 15) is 4.79 Å². The van der Waals surface area contributed by atoms with Crippen molar-refractivity contribution in [2.45, 2.75) is 44.6 Å². The van der Waals surface area contributed by atoms with Gasteiger partial charge >= 0.3 is 0 Å². The van der Waals surface area contributed by atoms with Gasteiger partial charge in [-0.1, -0.05) is 55.7 Å². The minimum absolute atomic E-state index is 0.0637. The van der Waals surface area contributed by atoms with Crippen LogP contribution >= 0.6 is 11.8 Å². The number of nitrogen functional groups attached to an aromatic ring is 1. The molecule has 0 radical (unpaired) electrons. The summed E-state index contributed by atoms with van der Waals surface area (Å²) in [6, 6.07) is 24.0. The zero-order valence-corrected chi connectivity index (χ0v) is 21.3. The van der Waals surface area contributed by atoms with Crippen LogP contribution in [0.1, 0.15) is 54.7 Å². The molecule has 0 atom stereocenters. The van der Waals surface area contributed by atoms with E-state index in [0.717, 1.165) is 22.9 Å². The Morgan fingerprint density at radius 2 is 1.67 bits per heavy atom. The van der Waals surface area contributed by atoms with Crippen LogP contribution in [0.3, 0.4) is 0 Å². The van der Waals surface area contributed by atoms with E-state index in [2.05, 4.69) is 29.3 Å². The Morgan fingerprint density at radius 1 is 0.972 bits per heavy atom. The number of likely N-dealkylation sites (N-methyl/N-ethyl adjacent to an activating group) is 1. The number of amides is 1. The molecule has 2 fully saturated rings. The number of anilines is 1. The number of hydrogen-bond acceptors (Lipinski definition) is 5. The van der Waals surface area contributed by atoms with Crippen LogP contribution in [0, 0.1) is 0 Å². The third-order valence-electron chi connectivity index (χ3n) is 6.76. The molecule has 5 rings (SSSR count). The minimum atomic E-state index is -0.0637. The highest BCUT2D eigenvalue weighted by atomic mass is 32.2. The maximum atomic E-state index is 12.7. The molecule has 0 spiro atoms. The molecule has 1 heterocycles. The van der Waals surface area contributed by atoms with Gasteiger partial charge in [-0.2, -0.15) is 0 Å². The summed E-state index contributed by atoms with van der Waals surface area (Å²) in [6.07, 6.45) is 8.60. The summed E-state index contributed by atoms with van der Waals surface area (Å²) in [5.74, 6) is 1.47. The Morgan fingerprint density at radius 3 is 2.36 bits per heavy atom. The molecule has 0 bridgehead atoms. The minimum Gasteiger partial charge on any atom is -0.489 e. The maximum Gasteiger partial charge on any atom is 0.266 e. The molecule has 6 heteroatoms. The van der Waals surface area contributed by atoms with E-state index in [-0.39, 0.29) is 5.91 Å². The number of nitrogens with two attached hydrogens (primary N) is 1. The first kappa shape index (κ1) is 24.2. The predicted octanol–water partition coefficient (Wildman–Crippen LogP) is 7.13. The summed E-state index contributed by atoms with van der Waals surface area (Å²) in [6.45, 7) is 0.537. The van der Waals surface area contributed by atoms with Crippen LogP contribution in [0.15, 0.2) is 82.7 Å². The van der Waals surface area contributed by atoms with Gasteiger partial charge < -0.3 is 10.5 Å². The van der Waals surface area contributed by atoms with Crippen LogP contribution in [0.2, 0.25) is 0 Å². The molecule has 36 heavy (non-hydrogen) atoms. The number of amidine groups is 1. The molecule has 3 aromatic carbocycles. The molecule has 184 valence electrons. The Hall–Kier alpha value is -3.51. The van der Waals surface area contributed by atoms with Gasteiger partial charge in [-0.15, -0.1) is 0 Å². The number of ether oxygens (including phenoxy) is 1. The van der Waals surface area contributed by atoms with Crippen LogP contribution in [-0.4, -0.2) is 23.0 Å². The van der Waals surface area contributed by atoms with E-state index < -0.39 is 0 Å². The number of hydrogen-bond donors (Lipinski definition) is 1. The second-order valence-electron chi connectivity index (χ2n) is 9.39. The zero-order chi connectivity index (χ0) is 24.9. The standard InChI is InChI=1S/C30H31N3O2S/c1-33-29(34)28(36-30(33)32-26-15-13-25(31)14-16-26)19-21-9-17-27(18-10-21)35-20-22-7-11-24(12-8-22)23-5-3-2-4-6-23/h7-19,23H,2-6,20,31H2,1H3. The summed E-state index contributed by atoms with van der Waals surface area (Å²) in [7, 11) is 1.74. The lowest BCUT2D eigenvalue weighted by atomic mass is 9.84. The van der Waals surface area contributed by atoms with Crippen molar-refractivity contribution < 1.29 is 9.53 Å². The number of benzene rings is 3. The van der Waals surface area contributed by atoms with Crippen LogP contribution in [-0.2, 0) is 11.4 Å². The quantitative estimate of drug-likeness (QED) is 0.291. The lowest BCUT2D eigenvalue weighted by molar-refractivity contribution is -0.121. The normalized spacial score (nSPS) is 18.8. The Balaban J connectivity index is 1.19. The monoisotopic (exact) mass is 497 g/mol. The second-order valence-corrected chi connectivity index (χ2v) is 10.4. The summed E-state index contributed by atoms with van der Waals surface area (Å²) >= 11 is 1.37. The van der Waals surface area contributed by atoms with Gasteiger partial charge in [0.1, 0.15) is 12.4 Å². The molecule has 0 unspecified atom stereocenters. The summed E-state index contributed by atoms with van der Waals surface area (Å²) in [5, 5.41) is 0.644. The highest BCUT2D eigenvalue weighted by Gasteiger charge is 2.30. The number of aliphatic imine (C=N–C) groups is 1. The van der Waals surface area contributed by atoms with Gasteiger partial charge in [0.25, 0.3) is 5.91 Å². The first-order valence-corrected chi connectivity index (χ1v) is 13.3. The Labute approximate surface area is 217 Å². The van der Waals surface area contributed by atoms with Crippen molar-refractivity contribution in [1.29, 1.82) is 0 Å². The Kier molecular flexibility index (Phi) is 7.42. The summed E-state index contributed by atoms with van der Waals surface area (Å²) in [5.41, 5.74) is 10.8. The van der Waals surface area contributed by atoms with Crippen LogP contribution in [0.4, 0.5) is 11.4 Å². The lowest BCUT2D eigenvalue weighted by Gasteiger charge is -2.22. The first-order valence-electron chi connectivity index (χ1n) is 12.5. The van der Waals surface area contributed by atoms with E-state index in [1.807, 2.05) is 42.5 Å². The number of rotatable bonds is 6. The summed E-state index contributed by atoms with van der Waals surface area (Å²) < 4.78 is 6.00. The van der Waals surface area contributed by atoms with Crippen LogP contribution in [0.5, 0.6) is 5.75 Å². The molecule has 1 amide bonds. The van der Waals surface area contributed by atoms with Gasteiger partial charge in [-0.25, -0.2) is 4.99 Å². The van der Waals surface area contributed by atoms with Gasteiger partial charge in [0.2, 0.25) is 0 Å². The van der Waals surface area contributed by atoms with Crippen molar-refractivity contribution in [3.05, 3.63) is 94.4 Å². The molecule has 5 nitrogen and oxygen atoms in total. The SMILES string of the molecule is CN1C(=O)C(=Cc2ccc(OCc3ccc(C4CCCCC4)cc3)cc2)SC1=Nc1ccc(N)cc1. The van der Waals surface area contributed by atoms with Crippen molar-refractivity contribution in [2.75, 3.05) is 12.8 Å². The van der Waals surface area contributed by atoms with E-state index in [0.29, 0.717) is 22.4 Å². The number of nitrogens with zero attached hydrogens (tertiary/aromatic N) is 2. The van der Waals surface area contributed by atoms with Crippen molar-refractivity contribution in [3.8, 4) is 5.75 Å². The van der Waals surface area contributed by atoms with Crippen LogP contribution < -0.4 is 10.5 Å². The topological polar surface area (TPSA) is 67.9 Å². The molecule has 1 aliphatic heterocycles. The van der Waals surface area contributed by atoms with Gasteiger partial charge in [0.15, 0.2) is 5.17 Å². The molecule has 1 saturated heterocycles. The average Bonchev–Trinajstić information content (AvgIpc) is 3.18. The fourth-order valence-electron chi connectivity index (χ4n) is 4.61. The second kappa shape index (κ2) is 11.0. The van der Waals surface area contributed by atoms with E-state index in [1.165, 1.54) is 55.0 Å². The van der Waals surface area contributed by atoms with Crippen molar-refractivity contribution >= 4 is 40.3 Å². The highest BCUT2D eigenvalue weighted by molar-refractivity contribution is 8.18.